The van der Waals surface area contributed by atoms with Crippen molar-refractivity contribution in [3.8, 4) is 0 Å². The molecule has 20 heavy (non-hydrogen) atoms. The minimum Gasteiger partial charge on any atom is -0.326 e. The van der Waals surface area contributed by atoms with Gasteiger partial charge in [0.15, 0.2) is 0 Å². The zero-order chi connectivity index (χ0) is 15.5. The molecule has 4 nitrogen and oxygen atoms in total. The van der Waals surface area contributed by atoms with Crippen molar-refractivity contribution in [3.05, 3.63) is 28.8 Å². The molecule has 0 fully saturated rings. The minimum atomic E-state index is -3.58. The first-order valence-corrected chi connectivity index (χ1v) is 8.48. The Balaban J connectivity index is 3.10. The molecule has 1 aromatic rings. The SMILES string of the molecule is CC(C)CC(C)N(C)S(=O)(=O)c1ccc(CN)cc1Cl. The summed E-state index contributed by atoms with van der Waals surface area (Å²) in [6.45, 7) is 6.37. The lowest BCUT2D eigenvalue weighted by atomic mass is 10.1. The van der Waals surface area contributed by atoms with E-state index >= 15 is 0 Å². The first-order chi connectivity index (χ1) is 9.20. The van der Waals surface area contributed by atoms with E-state index in [0.717, 1.165) is 12.0 Å². The first kappa shape index (κ1) is 17.4. The summed E-state index contributed by atoms with van der Waals surface area (Å²) in [5, 5.41) is 0.219. The third-order valence-corrected chi connectivity index (χ3v) is 5.78. The summed E-state index contributed by atoms with van der Waals surface area (Å²) in [4.78, 5) is 0.134. The monoisotopic (exact) mass is 318 g/mol. The molecule has 0 aliphatic heterocycles. The van der Waals surface area contributed by atoms with Crippen LogP contribution in [-0.4, -0.2) is 25.8 Å². The van der Waals surface area contributed by atoms with E-state index in [4.69, 9.17) is 17.3 Å². The second kappa shape index (κ2) is 6.89. The number of hydrogen-bond donors (Lipinski definition) is 1. The van der Waals surface area contributed by atoms with E-state index in [9.17, 15) is 8.42 Å². The van der Waals surface area contributed by atoms with Gasteiger partial charge in [0.05, 0.1) is 5.02 Å². The Morgan fingerprint density at radius 2 is 1.90 bits per heavy atom. The molecule has 0 aliphatic carbocycles. The smallest absolute Gasteiger partial charge is 0.244 e. The number of halogens is 1. The van der Waals surface area contributed by atoms with Gasteiger partial charge in [0.2, 0.25) is 10.0 Å². The van der Waals surface area contributed by atoms with Crippen LogP contribution in [0.15, 0.2) is 23.1 Å². The molecule has 0 radical (unpaired) electrons. The van der Waals surface area contributed by atoms with E-state index in [1.54, 1.807) is 19.2 Å². The lowest BCUT2D eigenvalue weighted by molar-refractivity contribution is 0.338. The molecule has 0 saturated heterocycles. The number of benzene rings is 1. The van der Waals surface area contributed by atoms with E-state index in [2.05, 4.69) is 13.8 Å². The molecule has 1 aromatic carbocycles. The molecular weight excluding hydrogens is 296 g/mol. The maximum Gasteiger partial charge on any atom is 0.244 e. The topological polar surface area (TPSA) is 63.4 Å². The Morgan fingerprint density at radius 1 is 1.30 bits per heavy atom. The van der Waals surface area contributed by atoms with Crippen LogP contribution in [0.1, 0.15) is 32.8 Å². The van der Waals surface area contributed by atoms with Gasteiger partial charge >= 0.3 is 0 Å². The van der Waals surface area contributed by atoms with Crippen molar-refractivity contribution in [2.45, 2.75) is 44.7 Å². The number of nitrogens with two attached hydrogens (primary N) is 1. The predicted octanol–water partition coefficient (Wildman–Crippen LogP) is 2.85. The van der Waals surface area contributed by atoms with E-state index < -0.39 is 10.0 Å². The maximum atomic E-state index is 12.6. The van der Waals surface area contributed by atoms with Crippen LogP contribution < -0.4 is 5.73 Å². The molecule has 0 heterocycles. The van der Waals surface area contributed by atoms with Crippen LogP contribution in [0.2, 0.25) is 5.02 Å². The van der Waals surface area contributed by atoms with Crippen LogP contribution in [0.25, 0.3) is 0 Å². The fraction of sp³-hybridized carbons (Fsp3) is 0.571. The standard InChI is InChI=1S/C14H23ClN2O2S/c1-10(2)7-11(3)17(4)20(18,19)14-6-5-12(9-16)8-13(14)15/h5-6,8,10-11H,7,9,16H2,1-4H3. The average Bonchev–Trinajstić information content (AvgIpc) is 2.36. The van der Waals surface area contributed by atoms with Gasteiger partial charge in [-0.2, -0.15) is 4.31 Å². The first-order valence-electron chi connectivity index (χ1n) is 6.66. The predicted molar refractivity (Wildman–Crippen MR) is 83.2 cm³/mol. The summed E-state index contributed by atoms with van der Waals surface area (Å²) in [5.41, 5.74) is 6.33. The molecule has 0 bridgehead atoms. The summed E-state index contributed by atoms with van der Waals surface area (Å²) in [6, 6.07) is 4.75. The maximum absolute atomic E-state index is 12.6. The highest BCUT2D eigenvalue weighted by Crippen LogP contribution is 2.27. The zero-order valence-electron chi connectivity index (χ0n) is 12.4. The lowest BCUT2D eigenvalue weighted by Gasteiger charge is -2.26. The van der Waals surface area contributed by atoms with Crippen LogP contribution in [0.4, 0.5) is 0 Å². The molecule has 1 rings (SSSR count). The second-order valence-corrected chi connectivity index (χ2v) is 7.84. The van der Waals surface area contributed by atoms with Gasteiger partial charge < -0.3 is 5.73 Å². The van der Waals surface area contributed by atoms with Gasteiger partial charge in [0, 0.05) is 19.6 Å². The zero-order valence-corrected chi connectivity index (χ0v) is 14.0. The molecule has 114 valence electrons. The van der Waals surface area contributed by atoms with Crippen molar-refractivity contribution >= 4 is 21.6 Å². The summed E-state index contributed by atoms with van der Waals surface area (Å²) in [5.74, 6) is 0.428. The van der Waals surface area contributed by atoms with Crippen LogP contribution in [0.3, 0.4) is 0 Å². The van der Waals surface area contributed by atoms with Gasteiger partial charge in [-0.25, -0.2) is 8.42 Å². The van der Waals surface area contributed by atoms with Gasteiger partial charge in [-0.05, 0) is 37.0 Å². The fourth-order valence-corrected chi connectivity index (χ4v) is 4.01. The molecule has 2 N–H and O–H groups in total. The van der Waals surface area contributed by atoms with E-state index in [-0.39, 0.29) is 16.0 Å². The number of nitrogens with zero attached hydrogens (tertiary/aromatic N) is 1. The number of rotatable bonds is 6. The van der Waals surface area contributed by atoms with Crippen molar-refractivity contribution in [1.82, 2.24) is 4.31 Å². The molecule has 0 aliphatic rings. The van der Waals surface area contributed by atoms with E-state index in [1.165, 1.54) is 10.4 Å². The van der Waals surface area contributed by atoms with E-state index in [1.807, 2.05) is 6.92 Å². The summed E-state index contributed by atoms with van der Waals surface area (Å²) in [7, 11) is -1.99. The van der Waals surface area contributed by atoms with Crippen LogP contribution >= 0.6 is 11.6 Å². The average molecular weight is 319 g/mol. The molecule has 0 amide bonds. The lowest BCUT2D eigenvalue weighted by Crippen LogP contribution is -2.36. The van der Waals surface area contributed by atoms with Crippen molar-refractivity contribution < 1.29 is 8.42 Å². The molecule has 0 spiro atoms. The Labute approximate surface area is 127 Å². The van der Waals surface area contributed by atoms with Gasteiger partial charge in [0.1, 0.15) is 4.90 Å². The van der Waals surface area contributed by atoms with Gasteiger partial charge in [-0.1, -0.05) is 31.5 Å². The summed E-state index contributed by atoms with van der Waals surface area (Å²) in [6.07, 6.45) is 0.800. The van der Waals surface area contributed by atoms with Gasteiger partial charge in [-0.3, -0.25) is 0 Å². The Bertz CT molecular complexity index is 558. The normalized spacial score (nSPS) is 14.0. The number of hydrogen-bond acceptors (Lipinski definition) is 3. The van der Waals surface area contributed by atoms with Crippen LogP contribution in [0.5, 0.6) is 0 Å². The third kappa shape index (κ3) is 3.95. The van der Waals surface area contributed by atoms with Crippen molar-refractivity contribution in [2.24, 2.45) is 11.7 Å². The number of sulfonamides is 1. The molecule has 1 atom stereocenters. The Kier molecular flexibility index (Phi) is 6.01. The molecular formula is C14H23ClN2O2S. The molecule has 0 saturated carbocycles. The Morgan fingerprint density at radius 3 is 2.35 bits per heavy atom. The minimum absolute atomic E-state index is 0.0785. The van der Waals surface area contributed by atoms with E-state index in [0.29, 0.717) is 12.5 Å². The Hall–Kier alpha value is -0.620. The van der Waals surface area contributed by atoms with Gasteiger partial charge in [-0.15, -0.1) is 0 Å². The highest BCUT2D eigenvalue weighted by molar-refractivity contribution is 7.89. The largest absolute Gasteiger partial charge is 0.326 e. The second-order valence-electron chi connectivity index (χ2n) is 5.47. The molecule has 1 unspecified atom stereocenters. The van der Waals surface area contributed by atoms with Crippen molar-refractivity contribution in [1.29, 1.82) is 0 Å². The summed E-state index contributed by atoms with van der Waals surface area (Å²) >= 11 is 6.09. The van der Waals surface area contributed by atoms with Gasteiger partial charge in [0.25, 0.3) is 0 Å². The fourth-order valence-electron chi connectivity index (χ4n) is 2.10. The highest BCUT2D eigenvalue weighted by Gasteiger charge is 2.27. The van der Waals surface area contributed by atoms with Crippen LogP contribution in [-0.2, 0) is 16.6 Å². The third-order valence-electron chi connectivity index (χ3n) is 3.32. The highest BCUT2D eigenvalue weighted by atomic mass is 35.5. The quantitative estimate of drug-likeness (QED) is 0.877. The van der Waals surface area contributed by atoms with Crippen molar-refractivity contribution in [2.75, 3.05) is 7.05 Å². The van der Waals surface area contributed by atoms with Crippen molar-refractivity contribution in [3.63, 3.8) is 0 Å². The molecule has 0 aromatic heterocycles. The summed E-state index contributed by atoms with van der Waals surface area (Å²) < 4.78 is 26.6. The molecule has 6 heteroatoms. The van der Waals surface area contributed by atoms with Crippen LogP contribution in [0, 0.1) is 5.92 Å².